The minimum atomic E-state index is -0.681. The highest BCUT2D eigenvalue weighted by Gasteiger charge is 2.22. The monoisotopic (exact) mass is 320 g/mol. The molecule has 3 rings (SSSR count). The molecule has 5 heteroatoms. The number of amides is 1. The van der Waals surface area contributed by atoms with Crippen LogP contribution in [-0.4, -0.2) is 30.1 Å². The van der Waals surface area contributed by atoms with E-state index in [2.05, 4.69) is 10.6 Å². The minimum absolute atomic E-state index is 0. The molecule has 1 aliphatic heterocycles. The van der Waals surface area contributed by atoms with Gasteiger partial charge < -0.3 is 15.7 Å². The summed E-state index contributed by atoms with van der Waals surface area (Å²) < 4.78 is 0. The Kier molecular flexibility index (Phi) is 5.77. The molecule has 2 aromatic rings. The molecule has 1 fully saturated rings. The number of hydrogen-bond acceptors (Lipinski definition) is 3. The Bertz CT molecular complexity index is 641. The van der Waals surface area contributed by atoms with Crippen molar-refractivity contribution >= 4 is 29.1 Å². The number of aliphatic hydroxyl groups is 1. The first kappa shape index (κ1) is 16.7. The summed E-state index contributed by atoms with van der Waals surface area (Å²) in [6.45, 7) is 1.14. The number of fused-ring (bicyclic) bond motifs is 1. The average molecular weight is 321 g/mol. The van der Waals surface area contributed by atoms with Crippen molar-refractivity contribution in [2.45, 2.75) is 25.0 Å². The molecule has 0 aromatic heterocycles. The van der Waals surface area contributed by atoms with Gasteiger partial charge in [-0.2, -0.15) is 0 Å². The van der Waals surface area contributed by atoms with Crippen molar-refractivity contribution in [3.8, 4) is 0 Å². The Morgan fingerprint density at radius 1 is 1.27 bits per heavy atom. The third kappa shape index (κ3) is 3.77. The van der Waals surface area contributed by atoms with E-state index in [-0.39, 0.29) is 30.9 Å². The fraction of sp³-hybridized carbons (Fsp3) is 0.353. The van der Waals surface area contributed by atoms with E-state index >= 15 is 0 Å². The molecule has 0 saturated carbocycles. The third-order valence-corrected chi connectivity index (χ3v) is 4.00. The van der Waals surface area contributed by atoms with Gasteiger partial charge in [0, 0.05) is 6.54 Å². The lowest BCUT2D eigenvalue weighted by molar-refractivity contribution is -0.123. The lowest BCUT2D eigenvalue weighted by Crippen LogP contribution is -2.41. The highest BCUT2D eigenvalue weighted by atomic mass is 35.5. The summed E-state index contributed by atoms with van der Waals surface area (Å²) in [6.07, 6.45) is 1.23. The number of halogens is 1. The maximum Gasteiger partial charge on any atom is 0.237 e. The first-order valence-corrected chi connectivity index (χ1v) is 7.42. The summed E-state index contributed by atoms with van der Waals surface area (Å²) >= 11 is 0. The Balaban J connectivity index is 0.00000176. The molecular formula is C17H21ClN2O2. The normalized spacial score (nSPS) is 18.7. The fourth-order valence-electron chi connectivity index (χ4n) is 2.76. The fourth-order valence-corrected chi connectivity index (χ4v) is 2.76. The summed E-state index contributed by atoms with van der Waals surface area (Å²) in [7, 11) is 0. The standard InChI is InChI=1S/C17H20N2O2.ClH/c20-16(11-19-17(21)15-6-3-9-18-15)14-8-7-12-4-1-2-5-13(12)10-14;/h1-2,4-5,7-8,10,15-16,18,20H,3,6,9,11H2,(H,19,21);1H. The van der Waals surface area contributed by atoms with Crippen molar-refractivity contribution in [2.75, 3.05) is 13.1 Å². The largest absolute Gasteiger partial charge is 0.387 e. The minimum Gasteiger partial charge on any atom is -0.387 e. The van der Waals surface area contributed by atoms with Crippen LogP contribution >= 0.6 is 12.4 Å². The Labute approximate surface area is 136 Å². The topological polar surface area (TPSA) is 61.4 Å². The number of rotatable bonds is 4. The van der Waals surface area contributed by atoms with Crippen LogP contribution in [0.15, 0.2) is 42.5 Å². The van der Waals surface area contributed by atoms with E-state index in [1.807, 2.05) is 42.5 Å². The third-order valence-electron chi connectivity index (χ3n) is 4.00. The quantitative estimate of drug-likeness (QED) is 0.809. The predicted molar refractivity (Wildman–Crippen MR) is 90.2 cm³/mol. The smallest absolute Gasteiger partial charge is 0.237 e. The van der Waals surface area contributed by atoms with Gasteiger partial charge in [0.15, 0.2) is 0 Å². The van der Waals surface area contributed by atoms with Gasteiger partial charge in [-0.05, 0) is 41.8 Å². The van der Waals surface area contributed by atoms with E-state index in [1.54, 1.807) is 0 Å². The van der Waals surface area contributed by atoms with E-state index in [1.165, 1.54) is 0 Å². The van der Waals surface area contributed by atoms with Gasteiger partial charge in [-0.15, -0.1) is 12.4 Å². The summed E-state index contributed by atoms with van der Waals surface area (Å²) in [5.41, 5.74) is 0.827. The molecular weight excluding hydrogens is 300 g/mol. The molecule has 118 valence electrons. The van der Waals surface area contributed by atoms with Gasteiger partial charge in [0.25, 0.3) is 0 Å². The zero-order valence-electron chi connectivity index (χ0n) is 12.3. The first-order chi connectivity index (χ1) is 10.2. The molecule has 2 aromatic carbocycles. The van der Waals surface area contributed by atoms with E-state index in [9.17, 15) is 9.90 Å². The van der Waals surface area contributed by atoms with Crippen molar-refractivity contribution in [2.24, 2.45) is 0 Å². The van der Waals surface area contributed by atoms with Crippen LogP contribution in [0.4, 0.5) is 0 Å². The second-order valence-electron chi connectivity index (χ2n) is 5.52. The zero-order chi connectivity index (χ0) is 14.7. The van der Waals surface area contributed by atoms with Crippen molar-refractivity contribution in [1.82, 2.24) is 10.6 Å². The van der Waals surface area contributed by atoms with E-state index in [0.717, 1.165) is 35.7 Å². The highest BCUT2D eigenvalue weighted by molar-refractivity contribution is 5.85. The molecule has 1 heterocycles. The molecule has 1 saturated heterocycles. The zero-order valence-corrected chi connectivity index (χ0v) is 13.1. The number of carbonyl (C=O) groups is 1. The lowest BCUT2D eigenvalue weighted by Gasteiger charge is -2.15. The molecule has 22 heavy (non-hydrogen) atoms. The molecule has 1 amide bonds. The summed E-state index contributed by atoms with van der Waals surface area (Å²) in [5.74, 6) is -0.0210. The lowest BCUT2D eigenvalue weighted by atomic mass is 10.0. The molecule has 0 radical (unpaired) electrons. The Morgan fingerprint density at radius 2 is 2.05 bits per heavy atom. The number of benzene rings is 2. The van der Waals surface area contributed by atoms with Gasteiger partial charge in [-0.3, -0.25) is 4.79 Å². The van der Waals surface area contributed by atoms with E-state index < -0.39 is 6.10 Å². The summed E-state index contributed by atoms with van der Waals surface area (Å²) in [6, 6.07) is 13.8. The number of hydrogen-bond donors (Lipinski definition) is 3. The van der Waals surface area contributed by atoms with Gasteiger partial charge in [0.2, 0.25) is 5.91 Å². The van der Waals surface area contributed by atoms with Gasteiger partial charge in [0.05, 0.1) is 12.1 Å². The first-order valence-electron chi connectivity index (χ1n) is 7.42. The van der Waals surface area contributed by atoms with Crippen LogP contribution in [-0.2, 0) is 4.79 Å². The molecule has 1 aliphatic rings. The van der Waals surface area contributed by atoms with Crippen LogP contribution in [0.2, 0.25) is 0 Å². The summed E-state index contributed by atoms with van der Waals surface area (Å²) in [4.78, 5) is 11.9. The highest BCUT2D eigenvalue weighted by Crippen LogP contribution is 2.20. The number of carbonyl (C=O) groups excluding carboxylic acids is 1. The van der Waals surface area contributed by atoms with Crippen LogP contribution in [0.1, 0.15) is 24.5 Å². The molecule has 2 atom stereocenters. The average Bonchev–Trinajstić information content (AvgIpc) is 3.06. The molecule has 4 nitrogen and oxygen atoms in total. The van der Waals surface area contributed by atoms with Gasteiger partial charge in [-0.1, -0.05) is 36.4 Å². The molecule has 0 bridgehead atoms. The second kappa shape index (κ2) is 7.58. The summed E-state index contributed by atoms with van der Waals surface area (Å²) in [5, 5.41) is 18.4. The van der Waals surface area contributed by atoms with Crippen LogP contribution < -0.4 is 10.6 Å². The van der Waals surface area contributed by atoms with Crippen LogP contribution in [0.5, 0.6) is 0 Å². The number of nitrogens with one attached hydrogen (secondary N) is 2. The predicted octanol–water partition coefficient (Wildman–Crippen LogP) is 2.16. The van der Waals surface area contributed by atoms with Crippen molar-refractivity contribution in [3.63, 3.8) is 0 Å². The van der Waals surface area contributed by atoms with Crippen LogP contribution in [0.3, 0.4) is 0 Å². The van der Waals surface area contributed by atoms with E-state index in [0.29, 0.717) is 0 Å². The second-order valence-corrected chi connectivity index (χ2v) is 5.52. The Morgan fingerprint density at radius 3 is 2.77 bits per heavy atom. The van der Waals surface area contributed by atoms with Crippen LogP contribution in [0, 0.1) is 0 Å². The van der Waals surface area contributed by atoms with Crippen LogP contribution in [0.25, 0.3) is 10.8 Å². The number of aliphatic hydroxyl groups excluding tert-OH is 1. The molecule has 3 N–H and O–H groups in total. The van der Waals surface area contributed by atoms with E-state index in [4.69, 9.17) is 0 Å². The van der Waals surface area contributed by atoms with Gasteiger partial charge in [-0.25, -0.2) is 0 Å². The van der Waals surface area contributed by atoms with Gasteiger partial charge in [0.1, 0.15) is 0 Å². The van der Waals surface area contributed by atoms with Gasteiger partial charge >= 0.3 is 0 Å². The Hall–Kier alpha value is -1.62. The molecule has 2 unspecified atom stereocenters. The van der Waals surface area contributed by atoms with Crippen molar-refractivity contribution < 1.29 is 9.90 Å². The molecule has 0 aliphatic carbocycles. The van der Waals surface area contributed by atoms with Crippen molar-refractivity contribution in [1.29, 1.82) is 0 Å². The van der Waals surface area contributed by atoms with Crippen molar-refractivity contribution in [3.05, 3.63) is 48.0 Å². The molecule has 0 spiro atoms. The SMILES string of the molecule is Cl.O=C(NCC(O)c1ccc2ccccc2c1)C1CCCN1. The maximum absolute atomic E-state index is 11.9. The maximum atomic E-state index is 11.9.